The molecule has 0 amide bonds. The quantitative estimate of drug-likeness (QED) is 0.681. The largest absolute Gasteiger partial charge is 0.313 e. The molecule has 0 spiro atoms. The fourth-order valence-corrected chi connectivity index (χ4v) is 1.65. The van der Waals surface area contributed by atoms with Gasteiger partial charge >= 0.3 is 11.8 Å². The van der Waals surface area contributed by atoms with Crippen LogP contribution in [0.5, 0.6) is 0 Å². The lowest BCUT2D eigenvalue weighted by Crippen LogP contribution is -2.42. The average molecular weight is 264 g/mol. The summed E-state index contributed by atoms with van der Waals surface area (Å²) < 4.78 is 64.0. The summed E-state index contributed by atoms with van der Waals surface area (Å²) in [5.74, 6) is -9.06. The Balaban J connectivity index is 4.33. The van der Waals surface area contributed by atoms with Crippen LogP contribution in [0, 0.1) is 0 Å². The molecule has 0 aromatic rings. The smallest absolute Gasteiger partial charge is 0.288 e. The van der Waals surface area contributed by atoms with Crippen molar-refractivity contribution in [2.75, 3.05) is 5.75 Å². The third-order valence-corrected chi connectivity index (χ3v) is 2.61. The van der Waals surface area contributed by atoms with Crippen molar-refractivity contribution in [3.05, 3.63) is 0 Å². The molecule has 0 saturated carbocycles. The monoisotopic (exact) mass is 264 g/mol. The van der Waals surface area contributed by atoms with E-state index in [0.29, 0.717) is 11.8 Å². The van der Waals surface area contributed by atoms with Gasteiger partial charge in [-0.05, 0) is 6.92 Å². The summed E-state index contributed by atoms with van der Waals surface area (Å²) in [4.78, 5) is 10.4. The second-order valence-electron chi connectivity index (χ2n) is 3.48. The fraction of sp³-hybridized carbons (Fsp3) is 0.889. The van der Waals surface area contributed by atoms with Crippen LogP contribution < -0.4 is 0 Å². The van der Waals surface area contributed by atoms with E-state index in [2.05, 4.69) is 0 Å². The maximum Gasteiger partial charge on any atom is 0.313 e. The van der Waals surface area contributed by atoms with Crippen LogP contribution in [-0.2, 0) is 4.79 Å². The normalized spacial score (nSPS) is 14.9. The van der Waals surface area contributed by atoms with Gasteiger partial charge in [0.2, 0.25) is 0 Å². The maximum atomic E-state index is 13.0. The van der Waals surface area contributed by atoms with E-state index >= 15 is 0 Å². The van der Waals surface area contributed by atoms with Gasteiger partial charge in [-0.25, -0.2) is 4.39 Å². The van der Waals surface area contributed by atoms with Gasteiger partial charge in [-0.2, -0.15) is 17.6 Å². The zero-order chi connectivity index (χ0) is 13.0. The third kappa shape index (κ3) is 5.14. The van der Waals surface area contributed by atoms with E-state index in [9.17, 15) is 26.7 Å². The molecule has 0 bridgehead atoms. The maximum absolute atomic E-state index is 13.0. The van der Waals surface area contributed by atoms with Crippen molar-refractivity contribution in [2.45, 2.75) is 44.7 Å². The third-order valence-electron chi connectivity index (χ3n) is 1.79. The number of alkyl halides is 5. The molecule has 0 aliphatic carbocycles. The number of carbonyl (C=O) groups is 1. The Hall–Kier alpha value is -0.330. The molecule has 0 saturated heterocycles. The summed E-state index contributed by atoms with van der Waals surface area (Å²) in [5.41, 5.74) is 0. The Bertz CT molecular complexity index is 242. The van der Waals surface area contributed by atoms with Gasteiger partial charge in [-0.1, -0.05) is 11.8 Å². The first-order valence-corrected chi connectivity index (χ1v) is 5.60. The second-order valence-corrected chi connectivity index (χ2v) is 4.76. The van der Waals surface area contributed by atoms with Crippen molar-refractivity contribution >= 4 is 16.9 Å². The number of rotatable bonds is 6. The van der Waals surface area contributed by atoms with Gasteiger partial charge < -0.3 is 0 Å². The highest BCUT2D eigenvalue weighted by Crippen LogP contribution is 2.41. The Kier molecular flexibility index (Phi) is 5.72. The SMILES string of the molecule is CC(=O)SCCC(F)(F)C(F)(F)CC(C)F. The van der Waals surface area contributed by atoms with Gasteiger partial charge in [0.1, 0.15) is 6.17 Å². The van der Waals surface area contributed by atoms with Crippen LogP contribution >= 0.6 is 11.8 Å². The number of thioether (sulfide) groups is 1. The number of carbonyl (C=O) groups excluding carboxylic acids is 1. The van der Waals surface area contributed by atoms with Crippen LogP contribution in [0.15, 0.2) is 0 Å². The van der Waals surface area contributed by atoms with Crippen molar-refractivity contribution in [3.8, 4) is 0 Å². The molecule has 0 aromatic heterocycles. The Morgan fingerprint density at radius 1 is 1.25 bits per heavy atom. The Morgan fingerprint density at radius 3 is 2.12 bits per heavy atom. The Morgan fingerprint density at radius 2 is 1.75 bits per heavy atom. The summed E-state index contributed by atoms with van der Waals surface area (Å²) in [6, 6.07) is 0. The highest BCUT2D eigenvalue weighted by atomic mass is 32.2. The van der Waals surface area contributed by atoms with Crippen LogP contribution in [0.1, 0.15) is 26.7 Å². The molecule has 0 rings (SSSR count). The lowest BCUT2D eigenvalue weighted by atomic mass is 10.0. The highest BCUT2D eigenvalue weighted by molar-refractivity contribution is 8.13. The molecule has 0 aromatic carbocycles. The van der Waals surface area contributed by atoms with Crippen molar-refractivity contribution < 1.29 is 26.7 Å². The van der Waals surface area contributed by atoms with Gasteiger partial charge in [-0.3, -0.25) is 4.79 Å². The lowest BCUT2D eigenvalue weighted by molar-refractivity contribution is -0.217. The summed E-state index contributed by atoms with van der Waals surface area (Å²) >= 11 is 0.547. The number of hydrogen-bond acceptors (Lipinski definition) is 2. The predicted octanol–water partition coefficient (Wildman–Crippen LogP) is 3.67. The standard InChI is InChI=1S/C9H13F5OS/c1-6(10)5-9(13,14)8(11,12)3-4-16-7(2)15/h6H,3-5H2,1-2H3. The van der Waals surface area contributed by atoms with Gasteiger partial charge in [0.15, 0.2) is 5.12 Å². The van der Waals surface area contributed by atoms with Crippen molar-refractivity contribution in [1.29, 1.82) is 0 Å². The molecule has 0 aliphatic heterocycles. The molecular weight excluding hydrogens is 251 g/mol. The molecule has 1 nitrogen and oxygen atoms in total. The summed E-state index contributed by atoms with van der Waals surface area (Å²) in [6.45, 7) is 1.96. The second kappa shape index (κ2) is 5.84. The van der Waals surface area contributed by atoms with Crippen LogP contribution in [0.2, 0.25) is 0 Å². The van der Waals surface area contributed by atoms with E-state index in [1.54, 1.807) is 0 Å². The van der Waals surface area contributed by atoms with E-state index < -0.39 is 41.7 Å². The molecule has 1 unspecified atom stereocenters. The molecule has 0 heterocycles. The average Bonchev–Trinajstić information content (AvgIpc) is 1.99. The first kappa shape index (κ1) is 15.7. The van der Waals surface area contributed by atoms with E-state index in [1.807, 2.05) is 0 Å². The van der Waals surface area contributed by atoms with Gasteiger partial charge in [0.25, 0.3) is 0 Å². The first-order valence-electron chi connectivity index (χ1n) is 4.61. The number of halogens is 5. The van der Waals surface area contributed by atoms with Crippen LogP contribution in [0.4, 0.5) is 22.0 Å². The highest BCUT2D eigenvalue weighted by Gasteiger charge is 2.55. The molecule has 0 aliphatic rings. The molecule has 96 valence electrons. The zero-order valence-electron chi connectivity index (χ0n) is 8.90. The zero-order valence-corrected chi connectivity index (χ0v) is 9.72. The lowest BCUT2D eigenvalue weighted by Gasteiger charge is -2.26. The first-order chi connectivity index (χ1) is 7.08. The van der Waals surface area contributed by atoms with Gasteiger partial charge in [0, 0.05) is 25.5 Å². The predicted molar refractivity (Wildman–Crippen MR) is 52.8 cm³/mol. The Labute approximate surface area is 94.8 Å². The molecule has 0 fully saturated rings. The summed E-state index contributed by atoms with van der Waals surface area (Å²) in [7, 11) is 0. The number of hydrogen-bond donors (Lipinski definition) is 0. The van der Waals surface area contributed by atoms with E-state index in [0.717, 1.165) is 13.8 Å². The summed E-state index contributed by atoms with van der Waals surface area (Å²) in [5, 5.41) is -0.419. The van der Waals surface area contributed by atoms with Crippen molar-refractivity contribution in [2.24, 2.45) is 0 Å². The van der Waals surface area contributed by atoms with Gasteiger partial charge in [-0.15, -0.1) is 0 Å². The van der Waals surface area contributed by atoms with E-state index in [1.165, 1.54) is 0 Å². The van der Waals surface area contributed by atoms with Crippen molar-refractivity contribution in [1.82, 2.24) is 0 Å². The minimum atomic E-state index is -4.38. The minimum Gasteiger partial charge on any atom is -0.288 e. The van der Waals surface area contributed by atoms with E-state index in [4.69, 9.17) is 0 Å². The molecule has 7 heteroatoms. The van der Waals surface area contributed by atoms with Crippen molar-refractivity contribution in [3.63, 3.8) is 0 Å². The molecule has 1 atom stereocenters. The molecular formula is C9H13F5OS. The molecule has 16 heavy (non-hydrogen) atoms. The fourth-order valence-electron chi connectivity index (χ4n) is 1.01. The molecule has 0 radical (unpaired) electrons. The topological polar surface area (TPSA) is 17.1 Å². The van der Waals surface area contributed by atoms with Crippen LogP contribution in [0.25, 0.3) is 0 Å². The van der Waals surface area contributed by atoms with E-state index in [-0.39, 0.29) is 0 Å². The van der Waals surface area contributed by atoms with Crippen LogP contribution in [-0.4, -0.2) is 28.9 Å². The summed E-state index contributed by atoms with van der Waals surface area (Å²) in [6.07, 6.45) is -4.65. The minimum absolute atomic E-state index is 0.404. The van der Waals surface area contributed by atoms with Crippen LogP contribution in [0.3, 0.4) is 0 Å². The van der Waals surface area contributed by atoms with Gasteiger partial charge in [0.05, 0.1) is 0 Å². The molecule has 0 N–H and O–H groups in total.